The van der Waals surface area contributed by atoms with Gasteiger partial charge in [-0.2, -0.15) is 16.8 Å². The van der Waals surface area contributed by atoms with Gasteiger partial charge in [0.25, 0.3) is 20.2 Å². The highest BCUT2D eigenvalue weighted by molar-refractivity contribution is 7.86. The van der Waals surface area contributed by atoms with Crippen molar-refractivity contribution in [2.24, 2.45) is 11.8 Å². The maximum atomic E-state index is 14.3. The van der Waals surface area contributed by atoms with Crippen LogP contribution in [0.25, 0.3) is 0 Å². The van der Waals surface area contributed by atoms with Gasteiger partial charge in [-0.3, -0.25) is 13.7 Å². The van der Waals surface area contributed by atoms with Crippen LogP contribution in [-0.4, -0.2) is 53.8 Å². The van der Waals surface area contributed by atoms with Crippen LogP contribution in [0.2, 0.25) is 0 Å². The number of hydrogen-bond acceptors (Lipinski definition) is 7. The molecule has 0 aliphatic heterocycles. The molecule has 26 heavy (non-hydrogen) atoms. The van der Waals surface area contributed by atoms with Gasteiger partial charge in [0.15, 0.2) is 0 Å². The van der Waals surface area contributed by atoms with E-state index in [2.05, 4.69) is 0 Å². The average molecular weight is 411 g/mol. The lowest BCUT2D eigenvalue weighted by molar-refractivity contribution is 0.209. The number of halogens is 1. The molecular formula is C14H18FNO8S2. The molecule has 0 saturated heterocycles. The number of benzene rings is 1. The van der Waals surface area contributed by atoms with Crippen molar-refractivity contribution in [1.29, 1.82) is 0 Å². The molecule has 0 heterocycles. The van der Waals surface area contributed by atoms with E-state index in [0.29, 0.717) is 0 Å². The number of carbonyl (C=O) groups is 1. The summed E-state index contributed by atoms with van der Waals surface area (Å²) in [4.78, 5) is 10.6. The van der Waals surface area contributed by atoms with Gasteiger partial charge >= 0.3 is 6.09 Å². The number of anilines is 1. The fourth-order valence-electron chi connectivity index (χ4n) is 2.76. The van der Waals surface area contributed by atoms with Gasteiger partial charge in [-0.1, -0.05) is 6.07 Å². The summed E-state index contributed by atoms with van der Waals surface area (Å²) in [7, 11) is -7.42. The third kappa shape index (κ3) is 5.90. The molecular weight excluding hydrogens is 393 g/mol. The van der Waals surface area contributed by atoms with Crippen molar-refractivity contribution in [2.75, 3.05) is 31.0 Å². The molecule has 2 rings (SSSR count). The van der Waals surface area contributed by atoms with E-state index in [1.807, 2.05) is 5.32 Å². The van der Waals surface area contributed by atoms with Gasteiger partial charge in [0, 0.05) is 5.69 Å². The highest BCUT2D eigenvalue weighted by Gasteiger charge is 2.52. The van der Waals surface area contributed by atoms with Gasteiger partial charge in [0.2, 0.25) is 0 Å². The van der Waals surface area contributed by atoms with Gasteiger partial charge in [-0.15, -0.1) is 0 Å². The molecule has 1 fully saturated rings. The Hall–Kier alpha value is -1.76. The summed E-state index contributed by atoms with van der Waals surface area (Å²) in [5.74, 6) is -2.14. The highest BCUT2D eigenvalue weighted by Crippen LogP contribution is 2.55. The Morgan fingerprint density at radius 2 is 1.62 bits per heavy atom. The minimum absolute atomic E-state index is 0.0345. The van der Waals surface area contributed by atoms with Crippen LogP contribution in [0.15, 0.2) is 18.2 Å². The first-order chi connectivity index (χ1) is 11.9. The SMILES string of the molecule is CS(=O)(=O)OC[C@@H]1C(c2ccc(NC(=O)O)cc2F)[C@@H]1COS(C)(=O)=O. The summed E-state index contributed by atoms with van der Waals surface area (Å²) in [6.07, 6.45) is 0.404. The zero-order valence-electron chi connectivity index (χ0n) is 13.9. The van der Waals surface area contributed by atoms with Gasteiger partial charge in [0.1, 0.15) is 5.82 Å². The number of rotatable bonds is 8. The molecule has 146 valence electrons. The number of nitrogens with one attached hydrogen (secondary N) is 1. The van der Waals surface area contributed by atoms with E-state index >= 15 is 0 Å². The average Bonchev–Trinajstić information content (AvgIpc) is 3.14. The lowest BCUT2D eigenvalue weighted by Crippen LogP contribution is -2.09. The zero-order valence-corrected chi connectivity index (χ0v) is 15.5. The minimum atomic E-state index is -3.71. The van der Waals surface area contributed by atoms with Crippen LogP contribution >= 0.6 is 0 Å². The second kappa shape index (κ2) is 7.47. The van der Waals surface area contributed by atoms with E-state index < -0.39 is 49.9 Å². The van der Waals surface area contributed by atoms with Crippen molar-refractivity contribution in [3.05, 3.63) is 29.6 Å². The molecule has 1 aromatic rings. The summed E-state index contributed by atoms with van der Waals surface area (Å²) in [6.45, 7) is -0.480. The van der Waals surface area contributed by atoms with Crippen LogP contribution in [-0.2, 0) is 28.6 Å². The Morgan fingerprint density at radius 3 is 2.00 bits per heavy atom. The fraction of sp³-hybridized carbons (Fsp3) is 0.500. The number of amides is 1. The molecule has 2 N–H and O–H groups in total. The summed E-state index contributed by atoms with van der Waals surface area (Å²) in [5, 5.41) is 10.7. The molecule has 12 heteroatoms. The summed E-state index contributed by atoms with van der Waals surface area (Å²) < 4.78 is 68.4. The third-order valence-electron chi connectivity index (χ3n) is 3.89. The maximum Gasteiger partial charge on any atom is 0.409 e. The number of carboxylic acid groups (broad SMARTS) is 1. The van der Waals surface area contributed by atoms with E-state index in [1.165, 1.54) is 12.1 Å². The smallest absolute Gasteiger partial charge is 0.409 e. The van der Waals surface area contributed by atoms with Crippen LogP contribution < -0.4 is 5.32 Å². The van der Waals surface area contributed by atoms with Crippen molar-refractivity contribution in [2.45, 2.75) is 5.92 Å². The van der Waals surface area contributed by atoms with Crippen LogP contribution in [0.5, 0.6) is 0 Å². The Kier molecular flexibility index (Phi) is 5.90. The summed E-state index contributed by atoms with van der Waals surface area (Å²) in [5.41, 5.74) is 0.234. The molecule has 0 bridgehead atoms. The number of hydrogen-bond donors (Lipinski definition) is 2. The molecule has 0 spiro atoms. The highest BCUT2D eigenvalue weighted by atomic mass is 32.2. The van der Waals surface area contributed by atoms with Crippen molar-refractivity contribution in [3.63, 3.8) is 0 Å². The van der Waals surface area contributed by atoms with E-state index in [-0.39, 0.29) is 24.5 Å². The summed E-state index contributed by atoms with van der Waals surface area (Å²) in [6, 6.07) is 3.71. The van der Waals surface area contributed by atoms with E-state index in [1.54, 1.807) is 0 Å². The predicted molar refractivity (Wildman–Crippen MR) is 89.4 cm³/mol. The molecule has 1 aliphatic rings. The van der Waals surface area contributed by atoms with Crippen LogP contribution in [0.3, 0.4) is 0 Å². The molecule has 9 nitrogen and oxygen atoms in total. The molecule has 1 saturated carbocycles. The van der Waals surface area contributed by atoms with E-state index in [9.17, 15) is 26.0 Å². The lowest BCUT2D eigenvalue weighted by atomic mass is 10.1. The first-order valence-corrected chi connectivity index (χ1v) is 11.0. The monoisotopic (exact) mass is 411 g/mol. The fourth-order valence-corrected chi connectivity index (χ4v) is 3.57. The first-order valence-electron chi connectivity index (χ1n) is 7.35. The summed E-state index contributed by atoms with van der Waals surface area (Å²) >= 11 is 0. The Morgan fingerprint density at radius 1 is 1.12 bits per heavy atom. The quantitative estimate of drug-likeness (QED) is 0.609. The molecule has 0 radical (unpaired) electrons. The minimum Gasteiger partial charge on any atom is -0.465 e. The van der Waals surface area contributed by atoms with Crippen molar-refractivity contribution in [1.82, 2.24) is 0 Å². The first kappa shape index (κ1) is 20.6. The van der Waals surface area contributed by atoms with E-state index in [4.69, 9.17) is 13.5 Å². The predicted octanol–water partition coefficient (Wildman–Crippen LogP) is 1.20. The Balaban J connectivity index is 2.18. The molecule has 1 aliphatic carbocycles. The topological polar surface area (TPSA) is 136 Å². The second-order valence-electron chi connectivity index (χ2n) is 6.00. The molecule has 1 aromatic carbocycles. The normalized spacial score (nSPS) is 22.8. The van der Waals surface area contributed by atoms with Gasteiger partial charge < -0.3 is 5.11 Å². The molecule has 3 atom stereocenters. The maximum absolute atomic E-state index is 14.3. The third-order valence-corrected chi connectivity index (χ3v) is 5.02. The molecule has 1 unspecified atom stereocenters. The van der Waals surface area contributed by atoms with Crippen molar-refractivity contribution in [3.8, 4) is 0 Å². The van der Waals surface area contributed by atoms with Gasteiger partial charge in [0.05, 0.1) is 25.7 Å². The van der Waals surface area contributed by atoms with Crippen molar-refractivity contribution >= 4 is 32.0 Å². The van der Waals surface area contributed by atoms with Crippen LogP contribution in [0.4, 0.5) is 14.9 Å². The molecule has 0 aromatic heterocycles. The molecule has 1 amide bonds. The second-order valence-corrected chi connectivity index (χ2v) is 9.29. The van der Waals surface area contributed by atoms with Gasteiger partial charge in [-0.05, 0) is 35.4 Å². The zero-order chi connectivity index (χ0) is 19.7. The Labute approximate surface area is 150 Å². The van der Waals surface area contributed by atoms with Crippen LogP contribution in [0.1, 0.15) is 11.5 Å². The van der Waals surface area contributed by atoms with Crippen molar-refractivity contribution < 1.29 is 39.5 Å². The largest absolute Gasteiger partial charge is 0.465 e. The van der Waals surface area contributed by atoms with Gasteiger partial charge in [-0.25, -0.2) is 9.18 Å². The van der Waals surface area contributed by atoms with E-state index in [0.717, 1.165) is 18.6 Å². The van der Waals surface area contributed by atoms with Crippen LogP contribution in [0, 0.1) is 17.7 Å². The standard InChI is InChI=1S/C14H18FNO8S2/c1-25(19,20)23-6-10-11(7-24-26(2,21)22)13(10)9-4-3-8(5-12(9)15)16-14(17)18/h3-5,10-11,13,16H,6-7H2,1-2H3,(H,17,18)/t10-,11+,13?. The lowest BCUT2D eigenvalue weighted by Gasteiger charge is -2.06. The Bertz CT molecular complexity index is 858.